The number of hydrogen-bond donors (Lipinski definition) is 0. The van der Waals surface area contributed by atoms with Gasteiger partial charge in [0, 0.05) is 10.9 Å². The number of thiazole rings is 1. The van der Waals surface area contributed by atoms with Gasteiger partial charge in [-0.1, -0.05) is 12.1 Å². The first-order chi connectivity index (χ1) is 12.7. The van der Waals surface area contributed by atoms with E-state index in [0.717, 1.165) is 16.3 Å². The molecule has 0 bridgehead atoms. The van der Waals surface area contributed by atoms with Crippen molar-refractivity contribution >= 4 is 17.3 Å². The highest BCUT2D eigenvalue weighted by molar-refractivity contribution is 7.13. The Balaban J connectivity index is 1.51. The molecule has 0 aliphatic carbocycles. The first-order valence-electron chi connectivity index (χ1n) is 7.77. The van der Waals surface area contributed by atoms with Gasteiger partial charge in [-0.25, -0.2) is 14.2 Å². The molecule has 1 aromatic heterocycles. The van der Waals surface area contributed by atoms with E-state index in [1.165, 1.54) is 23.5 Å². The van der Waals surface area contributed by atoms with Crippen LogP contribution < -0.4 is 9.47 Å². The molecule has 134 valence electrons. The van der Waals surface area contributed by atoms with Crippen molar-refractivity contribution in [3.63, 3.8) is 0 Å². The van der Waals surface area contributed by atoms with E-state index in [0.29, 0.717) is 5.69 Å². The average molecular weight is 373 g/mol. The standard InChI is InChI=1S/C19H16FNO4S/c1-23-15-8-6-13(7-9-15)19-21-14(12-26-19)10-25-18(22)11-24-17-5-3-2-4-16(17)20/h2-9,12H,10-11H2,1H3. The minimum absolute atomic E-state index is 0.0138. The quantitative estimate of drug-likeness (QED) is 0.584. The molecule has 0 fully saturated rings. The Bertz CT molecular complexity index is 879. The molecule has 1 heterocycles. The van der Waals surface area contributed by atoms with Crippen molar-refractivity contribution in [2.75, 3.05) is 13.7 Å². The van der Waals surface area contributed by atoms with E-state index in [4.69, 9.17) is 14.2 Å². The molecule has 3 rings (SSSR count). The highest BCUT2D eigenvalue weighted by atomic mass is 32.1. The molecule has 3 aromatic rings. The number of benzene rings is 2. The largest absolute Gasteiger partial charge is 0.497 e. The monoisotopic (exact) mass is 373 g/mol. The maximum atomic E-state index is 13.4. The first-order valence-corrected chi connectivity index (χ1v) is 8.65. The summed E-state index contributed by atoms with van der Waals surface area (Å²) in [4.78, 5) is 16.2. The number of rotatable bonds is 7. The van der Waals surface area contributed by atoms with Crippen LogP contribution in [0.3, 0.4) is 0 Å². The third-order valence-electron chi connectivity index (χ3n) is 3.45. The van der Waals surface area contributed by atoms with Crippen molar-refractivity contribution in [2.24, 2.45) is 0 Å². The summed E-state index contributed by atoms with van der Waals surface area (Å²) in [5.41, 5.74) is 1.59. The lowest BCUT2D eigenvalue weighted by Gasteiger charge is -2.06. The maximum Gasteiger partial charge on any atom is 0.344 e. The van der Waals surface area contributed by atoms with Crippen molar-refractivity contribution in [1.82, 2.24) is 4.98 Å². The van der Waals surface area contributed by atoms with Crippen molar-refractivity contribution in [1.29, 1.82) is 0 Å². The van der Waals surface area contributed by atoms with Gasteiger partial charge in [-0.3, -0.25) is 0 Å². The van der Waals surface area contributed by atoms with Gasteiger partial charge in [0.05, 0.1) is 12.8 Å². The summed E-state index contributed by atoms with van der Waals surface area (Å²) in [5.74, 6) is -0.328. The predicted molar refractivity (Wildman–Crippen MR) is 95.8 cm³/mol. The van der Waals surface area contributed by atoms with Crippen LogP contribution in [0, 0.1) is 5.82 Å². The zero-order chi connectivity index (χ0) is 18.4. The summed E-state index contributed by atoms with van der Waals surface area (Å²) in [6, 6.07) is 13.4. The number of hydrogen-bond acceptors (Lipinski definition) is 6. The highest BCUT2D eigenvalue weighted by Crippen LogP contribution is 2.26. The fraction of sp³-hybridized carbons (Fsp3) is 0.158. The Hall–Kier alpha value is -2.93. The molecule has 5 nitrogen and oxygen atoms in total. The molecule has 0 aliphatic heterocycles. The number of halogens is 1. The lowest BCUT2D eigenvalue weighted by atomic mass is 10.2. The second-order valence-electron chi connectivity index (χ2n) is 5.25. The van der Waals surface area contributed by atoms with Crippen LogP contribution in [0.1, 0.15) is 5.69 Å². The smallest absolute Gasteiger partial charge is 0.344 e. The Kier molecular flexibility index (Phi) is 5.80. The second kappa shape index (κ2) is 8.44. The number of aromatic nitrogens is 1. The predicted octanol–water partition coefficient (Wildman–Crippen LogP) is 4.08. The second-order valence-corrected chi connectivity index (χ2v) is 6.11. The van der Waals surface area contributed by atoms with Gasteiger partial charge in [-0.15, -0.1) is 11.3 Å². The molecule has 0 saturated heterocycles. The molecule has 0 atom stereocenters. The molecular weight excluding hydrogens is 357 g/mol. The fourth-order valence-electron chi connectivity index (χ4n) is 2.13. The van der Waals surface area contributed by atoms with Crippen LogP contribution in [0.4, 0.5) is 4.39 Å². The van der Waals surface area contributed by atoms with E-state index < -0.39 is 11.8 Å². The van der Waals surface area contributed by atoms with E-state index in [9.17, 15) is 9.18 Å². The normalized spacial score (nSPS) is 10.4. The van der Waals surface area contributed by atoms with Crippen molar-refractivity contribution in [3.05, 3.63) is 65.4 Å². The van der Waals surface area contributed by atoms with Crippen LogP contribution in [0.2, 0.25) is 0 Å². The lowest BCUT2D eigenvalue weighted by Crippen LogP contribution is -2.15. The molecule has 0 amide bonds. The summed E-state index contributed by atoms with van der Waals surface area (Å²) in [7, 11) is 1.61. The van der Waals surface area contributed by atoms with Gasteiger partial charge in [0.15, 0.2) is 18.2 Å². The zero-order valence-corrected chi connectivity index (χ0v) is 14.8. The molecule has 0 radical (unpaired) electrons. The third-order valence-corrected chi connectivity index (χ3v) is 4.39. The minimum Gasteiger partial charge on any atom is -0.497 e. The minimum atomic E-state index is -0.591. The summed E-state index contributed by atoms with van der Waals surface area (Å²) < 4.78 is 28.8. The number of methoxy groups -OCH3 is 1. The van der Waals surface area contributed by atoms with Crippen LogP contribution >= 0.6 is 11.3 Å². The van der Waals surface area contributed by atoms with E-state index in [1.54, 1.807) is 19.2 Å². The van der Waals surface area contributed by atoms with Gasteiger partial charge in [-0.05, 0) is 36.4 Å². The van der Waals surface area contributed by atoms with Crippen LogP contribution in [0.15, 0.2) is 53.9 Å². The van der Waals surface area contributed by atoms with Gasteiger partial charge in [0.2, 0.25) is 0 Å². The molecule has 0 spiro atoms. The number of carbonyl (C=O) groups excluding carboxylic acids is 1. The third kappa shape index (κ3) is 4.58. The molecule has 7 heteroatoms. The van der Waals surface area contributed by atoms with Gasteiger partial charge in [0.25, 0.3) is 0 Å². The van der Waals surface area contributed by atoms with E-state index in [2.05, 4.69) is 4.98 Å². The Morgan fingerprint density at radius 2 is 1.92 bits per heavy atom. The number of nitrogens with zero attached hydrogens (tertiary/aromatic N) is 1. The molecule has 26 heavy (non-hydrogen) atoms. The van der Waals surface area contributed by atoms with Gasteiger partial charge >= 0.3 is 5.97 Å². The number of para-hydroxylation sites is 1. The molecule has 0 N–H and O–H groups in total. The Morgan fingerprint density at radius 3 is 2.65 bits per heavy atom. The highest BCUT2D eigenvalue weighted by Gasteiger charge is 2.10. The maximum absolute atomic E-state index is 13.4. The van der Waals surface area contributed by atoms with Crippen molar-refractivity contribution in [3.8, 4) is 22.1 Å². The Labute approximate surface area is 154 Å². The lowest BCUT2D eigenvalue weighted by molar-refractivity contribution is -0.147. The summed E-state index contributed by atoms with van der Waals surface area (Å²) in [6.07, 6.45) is 0. The number of esters is 1. The summed E-state index contributed by atoms with van der Waals surface area (Å²) in [6.45, 7) is -0.331. The summed E-state index contributed by atoms with van der Waals surface area (Å²) in [5, 5.41) is 2.64. The van der Waals surface area contributed by atoms with Crippen LogP contribution in [-0.4, -0.2) is 24.7 Å². The van der Waals surface area contributed by atoms with E-state index in [-0.39, 0.29) is 19.0 Å². The van der Waals surface area contributed by atoms with Gasteiger partial charge in [-0.2, -0.15) is 0 Å². The van der Waals surface area contributed by atoms with Crippen LogP contribution in [-0.2, 0) is 16.1 Å². The fourth-order valence-corrected chi connectivity index (χ4v) is 2.94. The van der Waals surface area contributed by atoms with Crippen molar-refractivity contribution < 1.29 is 23.4 Å². The molecule has 0 unspecified atom stereocenters. The number of ether oxygens (including phenoxy) is 3. The van der Waals surface area contributed by atoms with Crippen LogP contribution in [0.25, 0.3) is 10.6 Å². The molecule has 0 aliphatic rings. The van der Waals surface area contributed by atoms with Gasteiger partial charge in [0.1, 0.15) is 17.4 Å². The number of carbonyl (C=O) groups is 1. The van der Waals surface area contributed by atoms with Crippen molar-refractivity contribution in [2.45, 2.75) is 6.61 Å². The van der Waals surface area contributed by atoms with Gasteiger partial charge < -0.3 is 14.2 Å². The molecule has 0 saturated carbocycles. The molecular formula is C19H16FNO4S. The summed E-state index contributed by atoms with van der Waals surface area (Å²) >= 11 is 1.46. The Morgan fingerprint density at radius 1 is 1.15 bits per heavy atom. The zero-order valence-electron chi connectivity index (χ0n) is 14.0. The molecule has 2 aromatic carbocycles. The average Bonchev–Trinajstić information content (AvgIpc) is 3.15. The topological polar surface area (TPSA) is 57.7 Å². The van der Waals surface area contributed by atoms with Crippen LogP contribution in [0.5, 0.6) is 11.5 Å². The van der Waals surface area contributed by atoms with E-state index >= 15 is 0 Å². The first kappa shape index (κ1) is 17.9. The van der Waals surface area contributed by atoms with E-state index in [1.807, 2.05) is 29.6 Å². The SMILES string of the molecule is COc1ccc(-c2nc(COC(=O)COc3ccccc3F)cs2)cc1.